The molecule has 0 unspecified atom stereocenters. The first-order valence-corrected chi connectivity index (χ1v) is 0. The van der Waals surface area contributed by atoms with Crippen LogP contribution in [0.3, 0.4) is 0 Å². The second-order valence-corrected chi connectivity index (χ2v) is 0. The molecule has 30 valence electrons. The van der Waals surface area contributed by atoms with E-state index in [-0.39, 0.29) is 64.8 Å². The van der Waals surface area contributed by atoms with Crippen LogP contribution in [-0.2, 0) is 64.8 Å². The van der Waals surface area contributed by atoms with Crippen molar-refractivity contribution in [3.05, 3.63) is 0 Å². The number of rotatable bonds is 0. The van der Waals surface area contributed by atoms with E-state index >= 15 is 0 Å². The summed E-state index contributed by atoms with van der Waals surface area (Å²) in [5, 5.41) is 0. The van der Waals surface area contributed by atoms with Crippen LogP contribution >= 0.6 is 0 Å². The van der Waals surface area contributed by atoms with Gasteiger partial charge in [0, 0.05) is 21.1 Å². The summed E-state index contributed by atoms with van der Waals surface area (Å²) in [4.78, 5) is 0. The molecule has 0 N–H and O–H groups in total. The summed E-state index contributed by atoms with van der Waals surface area (Å²) in [5.41, 5.74) is 0. The molecule has 0 saturated heterocycles. The second-order valence-electron chi connectivity index (χ2n) is 0. The van der Waals surface area contributed by atoms with Crippen LogP contribution in [0.25, 0.3) is 0 Å². The maximum Gasteiger partial charge on any atom is 2.00 e. The fourth-order valence-electron chi connectivity index (χ4n) is 0. The molecule has 0 spiro atoms. The van der Waals surface area contributed by atoms with Gasteiger partial charge in [-0.05, 0) is 0 Å². The van der Waals surface area contributed by atoms with E-state index in [4.69, 9.17) is 0 Å². The molecule has 0 aliphatic carbocycles. The topological polar surface area (TPSA) is 85.5 Å². The van der Waals surface area contributed by atoms with Gasteiger partial charge in [-0.15, -0.1) is 0 Å². The van der Waals surface area contributed by atoms with Crippen LogP contribution in [0.15, 0.2) is 0 Å². The SMILES string of the molecule is [Cd+2].[O-2].[O-2].[O-2].[W]. The van der Waals surface area contributed by atoms with Crippen molar-refractivity contribution in [3.63, 3.8) is 0 Å². The van der Waals surface area contributed by atoms with Crippen molar-refractivity contribution >= 4 is 0 Å². The van der Waals surface area contributed by atoms with Gasteiger partial charge in [0.15, 0.2) is 0 Å². The zero-order chi connectivity index (χ0) is 0. The van der Waals surface area contributed by atoms with Gasteiger partial charge in [-0.1, -0.05) is 0 Å². The Kier molecular flexibility index (Phi) is 878. The Labute approximate surface area is 64.5 Å². The average molecular weight is 344 g/mol. The van der Waals surface area contributed by atoms with Crippen LogP contribution in [0.1, 0.15) is 0 Å². The summed E-state index contributed by atoms with van der Waals surface area (Å²) >= 11 is 0. The van der Waals surface area contributed by atoms with Gasteiger partial charge in [-0.25, -0.2) is 0 Å². The van der Waals surface area contributed by atoms with E-state index < -0.39 is 0 Å². The van der Waals surface area contributed by atoms with E-state index in [0.29, 0.717) is 0 Å². The van der Waals surface area contributed by atoms with E-state index in [2.05, 4.69) is 0 Å². The Morgan fingerprint density at radius 1 is 0.600 bits per heavy atom. The fourth-order valence-corrected chi connectivity index (χ4v) is 0. The number of hydrogen-bond donors (Lipinski definition) is 0. The molecule has 0 aliphatic heterocycles. The third-order valence-corrected chi connectivity index (χ3v) is 0. The van der Waals surface area contributed by atoms with Crippen molar-refractivity contribution < 1.29 is 64.8 Å². The standard InChI is InChI=1S/Cd.3O.W/q+2;3*-2;. The van der Waals surface area contributed by atoms with Crippen LogP contribution in [0, 0.1) is 0 Å². The number of hydrogen-bond acceptors (Lipinski definition) is 0. The average Bonchev–Trinajstić information content (AvgIpc) is 0. The molecule has 5 heteroatoms. The molecule has 0 aromatic carbocycles. The zero-order valence-electron chi connectivity index (χ0n) is 2.34. The molecule has 0 saturated carbocycles. The van der Waals surface area contributed by atoms with Crippen molar-refractivity contribution in [1.82, 2.24) is 0 Å². The molecule has 0 bridgehead atoms. The molecule has 0 amide bonds. The van der Waals surface area contributed by atoms with Gasteiger partial charge < -0.3 is 16.4 Å². The molecular weight excluding hydrogens is 344 g/mol. The van der Waals surface area contributed by atoms with Crippen LogP contribution in [0.4, 0.5) is 0 Å². The molecular formula is CdO3W-4. The third-order valence-electron chi connectivity index (χ3n) is 0. The van der Waals surface area contributed by atoms with Crippen molar-refractivity contribution in [3.8, 4) is 0 Å². The van der Waals surface area contributed by atoms with Crippen molar-refractivity contribution in [2.45, 2.75) is 0 Å². The van der Waals surface area contributed by atoms with E-state index in [9.17, 15) is 0 Å². The Bertz CT molecular complexity index is 6.85. The first kappa shape index (κ1) is 88.1. The molecule has 0 aromatic heterocycles. The molecule has 0 heterocycles. The summed E-state index contributed by atoms with van der Waals surface area (Å²) < 4.78 is 0. The fraction of sp³-hybridized carbons (Fsp3) is 0. The minimum Gasteiger partial charge on any atom is -2.00 e. The van der Waals surface area contributed by atoms with Crippen molar-refractivity contribution in [1.29, 1.82) is 0 Å². The molecule has 0 aliphatic rings. The molecule has 0 rings (SSSR count). The van der Waals surface area contributed by atoms with Crippen molar-refractivity contribution in [2.75, 3.05) is 0 Å². The first-order chi connectivity index (χ1) is 0. The minimum absolute atomic E-state index is 0. The van der Waals surface area contributed by atoms with Crippen LogP contribution in [0.2, 0.25) is 0 Å². The largest absolute Gasteiger partial charge is 2.00 e. The summed E-state index contributed by atoms with van der Waals surface area (Å²) in [6, 6.07) is 0. The summed E-state index contributed by atoms with van der Waals surface area (Å²) in [7, 11) is 0. The van der Waals surface area contributed by atoms with E-state index in [0.717, 1.165) is 0 Å². The quantitative estimate of drug-likeness (QED) is 0.538. The van der Waals surface area contributed by atoms with E-state index in [1.807, 2.05) is 0 Å². The maximum atomic E-state index is 0. The van der Waals surface area contributed by atoms with E-state index in [1.165, 1.54) is 0 Å². The van der Waals surface area contributed by atoms with Crippen molar-refractivity contribution in [2.24, 2.45) is 0 Å². The van der Waals surface area contributed by atoms with Gasteiger partial charge in [-0.3, -0.25) is 0 Å². The first-order valence-electron chi connectivity index (χ1n) is 0. The molecule has 5 heavy (non-hydrogen) atoms. The van der Waals surface area contributed by atoms with Crippen LogP contribution < -0.4 is 0 Å². The Balaban J connectivity index is 0. The van der Waals surface area contributed by atoms with Gasteiger partial charge >= 0.3 is 27.3 Å². The smallest absolute Gasteiger partial charge is 2.00 e. The predicted molar refractivity (Wildman–Crippen MR) is 2.06 cm³/mol. The van der Waals surface area contributed by atoms with E-state index in [1.54, 1.807) is 0 Å². The summed E-state index contributed by atoms with van der Waals surface area (Å²) in [6.07, 6.45) is 0. The molecule has 0 radical (unpaired) electrons. The zero-order valence-corrected chi connectivity index (χ0v) is 9.31. The summed E-state index contributed by atoms with van der Waals surface area (Å²) in [5.74, 6) is 0. The maximum absolute atomic E-state index is 0. The second kappa shape index (κ2) is 49.8. The molecule has 0 atom stereocenters. The predicted octanol–water partition coefficient (Wildman–Crippen LogP) is -0.361. The monoisotopic (exact) mass is 346 g/mol. The third kappa shape index (κ3) is 30.1. The molecule has 0 fully saturated rings. The van der Waals surface area contributed by atoms with Crippen LogP contribution in [0.5, 0.6) is 0 Å². The minimum atomic E-state index is 0. The molecule has 3 nitrogen and oxygen atoms in total. The Morgan fingerprint density at radius 3 is 0.600 bits per heavy atom. The Morgan fingerprint density at radius 2 is 0.600 bits per heavy atom. The molecule has 0 aromatic rings. The van der Waals surface area contributed by atoms with Gasteiger partial charge in [0.25, 0.3) is 0 Å². The van der Waals surface area contributed by atoms with Crippen LogP contribution in [-0.4, -0.2) is 0 Å². The van der Waals surface area contributed by atoms with Gasteiger partial charge in [-0.2, -0.15) is 0 Å². The van der Waals surface area contributed by atoms with Gasteiger partial charge in [0.05, 0.1) is 0 Å². The Hall–Kier alpha value is 1.49. The van der Waals surface area contributed by atoms with Gasteiger partial charge in [0.1, 0.15) is 0 Å². The normalized spacial score (nSPS) is 0. The summed E-state index contributed by atoms with van der Waals surface area (Å²) in [6.45, 7) is 0. The van der Waals surface area contributed by atoms with Gasteiger partial charge in [0.2, 0.25) is 0 Å².